The standard InChI is InChI=1S/C21H21FN6O/c1-14-23-7-9-26(14)17-4-2-15(3-5-17)13-28-18-6-8-27(19(18)10-20(28)29)21-24-11-16(22)12-25-21/h2-5,7,9,11-12,18-19H,6,8,10,13H2,1H3/t18-,19-/m0/s1. The average Bonchev–Trinajstić information content (AvgIpc) is 3.40. The molecule has 0 bridgehead atoms. The lowest BCUT2D eigenvalue weighted by molar-refractivity contribution is -0.129. The predicted octanol–water partition coefficient (Wildman–Crippen LogP) is 2.49. The zero-order valence-corrected chi connectivity index (χ0v) is 16.1. The number of carbonyl (C=O) groups excluding carboxylic acids is 1. The number of nitrogens with zero attached hydrogens (tertiary/aromatic N) is 6. The highest BCUT2D eigenvalue weighted by Gasteiger charge is 2.47. The smallest absolute Gasteiger partial charge is 0.225 e. The Morgan fingerprint density at radius 2 is 1.86 bits per heavy atom. The van der Waals surface area contributed by atoms with E-state index in [2.05, 4.69) is 39.2 Å². The number of hydrogen-bond donors (Lipinski definition) is 0. The lowest BCUT2D eigenvalue weighted by atomic mass is 10.1. The normalized spacial score (nSPS) is 21.1. The van der Waals surface area contributed by atoms with Crippen molar-refractivity contribution in [3.63, 3.8) is 0 Å². The summed E-state index contributed by atoms with van der Waals surface area (Å²) in [5.74, 6) is 1.11. The molecule has 2 saturated heterocycles. The predicted molar refractivity (Wildman–Crippen MR) is 105 cm³/mol. The monoisotopic (exact) mass is 392 g/mol. The molecule has 5 rings (SSSR count). The van der Waals surface area contributed by atoms with Crippen molar-refractivity contribution in [3.05, 3.63) is 66.3 Å². The molecule has 0 saturated carbocycles. The van der Waals surface area contributed by atoms with Crippen LogP contribution in [0.15, 0.2) is 49.1 Å². The summed E-state index contributed by atoms with van der Waals surface area (Å²) < 4.78 is 15.2. The minimum Gasteiger partial charge on any atom is -0.335 e. The number of hydrogen-bond acceptors (Lipinski definition) is 5. The molecule has 2 aromatic heterocycles. The summed E-state index contributed by atoms with van der Waals surface area (Å²) in [7, 11) is 0. The Labute approximate surface area is 167 Å². The fourth-order valence-electron chi connectivity index (χ4n) is 4.45. The van der Waals surface area contributed by atoms with Gasteiger partial charge in [0.2, 0.25) is 11.9 Å². The van der Waals surface area contributed by atoms with E-state index in [1.165, 1.54) is 12.4 Å². The third-order valence-corrected chi connectivity index (χ3v) is 5.87. The molecule has 3 aromatic rings. The van der Waals surface area contributed by atoms with Crippen molar-refractivity contribution in [1.29, 1.82) is 0 Å². The van der Waals surface area contributed by atoms with Crippen LogP contribution in [0.2, 0.25) is 0 Å². The SMILES string of the molecule is Cc1nccn1-c1ccc(CN2C(=O)C[C@H]3[C@@H]2CCN3c2ncc(F)cn2)cc1. The van der Waals surface area contributed by atoms with Crippen LogP contribution < -0.4 is 4.90 Å². The van der Waals surface area contributed by atoms with Crippen LogP contribution in [0.1, 0.15) is 24.2 Å². The number of likely N-dealkylation sites (tertiary alicyclic amines) is 1. The van der Waals surface area contributed by atoms with E-state index in [-0.39, 0.29) is 18.0 Å². The molecule has 148 valence electrons. The number of anilines is 1. The molecule has 2 aliphatic heterocycles. The van der Waals surface area contributed by atoms with E-state index in [0.29, 0.717) is 18.9 Å². The Morgan fingerprint density at radius 3 is 2.55 bits per heavy atom. The van der Waals surface area contributed by atoms with Crippen LogP contribution >= 0.6 is 0 Å². The van der Waals surface area contributed by atoms with E-state index >= 15 is 0 Å². The Bertz CT molecular complexity index is 1030. The van der Waals surface area contributed by atoms with Crippen LogP contribution in [0, 0.1) is 12.7 Å². The van der Waals surface area contributed by atoms with Gasteiger partial charge < -0.3 is 14.4 Å². The number of halogens is 1. The van der Waals surface area contributed by atoms with E-state index in [1.807, 2.05) is 27.5 Å². The molecule has 7 nitrogen and oxygen atoms in total. The van der Waals surface area contributed by atoms with Gasteiger partial charge in [0, 0.05) is 37.6 Å². The zero-order chi connectivity index (χ0) is 20.0. The van der Waals surface area contributed by atoms with Crippen molar-refractivity contribution in [1.82, 2.24) is 24.4 Å². The molecular weight excluding hydrogens is 371 g/mol. The molecule has 1 aromatic carbocycles. The summed E-state index contributed by atoms with van der Waals surface area (Å²) in [6.45, 7) is 3.32. The molecule has 29 heavy (non-hydrogen) atoms. The maximum Gasteiger partial charge on any atom is 0.225 e. The van der Waals surface area contributed by atoms with Crippen molar-refractivity contribution in [2.75, 3.05) is 11.4 Å². The molecule has 0 spiro atoms. The van der Waals surface area contributed by atoms with Gasteiger partial charge in [0.25, 0.3) is 0 Å². The highest BCUT2D eigenvalue weighted by molar-refractivity contribution is 5.81. The van der Waals surface area contributed by atoms with E-state index in [0.717, 1.165) is 30.0 Å². The molecule has 2 fully saturated rings. The van der Waals surface area contributed by atoms with Gasteiger partial charge in [-0.1, -0.05) is 12.1 Å². The van der Waals surface area contributed by atoms with Crippen LogP contribution in [0.25, 0.3) is 5.69 Å². The van der Waals surface area contributed by atoms with E-state index in [1.54, 1.807) is 6.20 Å². The zero-order valence-electron chi connectivity index (χ0n) is 16.1. The van der Waals surface area contributed by atoms with Crippen molar-refractivity contribution in [2.45, 2.75) is 38.4 Å². The highest BCUT2D eigenvalue weighted by atomic mass is 19.1. The lowest BCUT2D eigenvalue weighted by Crippen LogP contribution is -2.37. The molecule has 0 aliphatic carbocycles. The molecule has 0 unspecified atom stereocenters. The minimum absolute atomic E-state index is 0.0424. The van der Waals surface area contributed by atoms with Gasteiger partial charge >= 0.3 is 0 Å². The highest BCUT2D eigenvalue weighted by Crippen LogP contribution is 2.35. The molecular formula is C21H21FN6O. The maximum atomic E-state index is 13.1. The first-order chi connectivity index (χ1) is 14.1. The number of fused-ring (bicyclic) bond motifs is 1. The van der Waals surface area contributed by atoms with Gasteiger partial charge in [-0.05, 0) is 31.0 Å². The van der Waals surface area contributed by atoms with Gasteiger partial charge in [-0.3, -0.25) is 4.79 Å². The Morgan fingerprint density at radius 1 is 1.10 bits per heavy atom. The third kappa shape index (κ3) is 3.14. The molecule has 4 heterocycles. The molecule has 1 amide bonds. The van der Waals surface area contributed by atoms with Gasteiger partial charge in [-0.15, -0.1) is 0 Å². The van der Waals surface area contributed by atoms with Gasteiger partial charge in [-0.25, -0.2) is 19.3 Å². The second kappa shape index (κ2) is 6.95. The first-order valence-corrected chi connectivity index (χ1v) is 9.73. The summed E-state index contributed by atoms with van der Waals surface area (Å²) in [6, 6.07) is 8.40. The van der Waals surface area contributed by atoms with E-state index in [4.69, 9.17) is 0 Å². The second-order valence-electron chi connectivity index (χ2n) is 7.55. The number of amides is 1. The minimum atomic E-state index is -0.456. The van der Waals surface area contributed by atoms with Crippen LogP contribution in [-0.4, -0.2) is 49.0 Å². The van der Waals surface area contributed by atoms with Gasteiger partial charge in [0.15, 0.2) is 5.82 Å². The molecule has 0 N–H and O–H groups in total. The second-order valence-corrected chi connectivity index (χ2v) is 7.55. The number of benzene rings is 1. The number of imidazole rings is 1. The molecule has 2 atom stereocenters. The van der Waals surface area contributed by atoms with Crippen molar-refractivity contribution >= 4 is 11.9 Å². The van der Waals surface area contributed by atoms with E-state index in [9.17, 15) is 9.18 Å². The largest absolute Gasteiger partial charge is 0.335 e. The summed E-state index contributed by atoms with van der Waals surface area (Å²) in [6.07, 6.45) is 7.37. The van der Waals surface area contributed by atoms with Crippen molar-refractivity contribution in [2.24, 2.45) is 0 Å². The third-order valence-electron chi connectivity index (χ3n) is 5.87. The summed E-state index contributed by atoms with van der Waals surface area (Å²) in [4.78, 5) is 29.2. The van der Waals surface area contributed by atoms with Gasteiger partial charge in [0.05, 0.1) is 24.5 Å². The lowest BCUT2D eigenvalue weighted by Gasteiger charge is -2.25. The number of aryl methyl sites for hydroxylation is 1. The maximum absolute atomic E-state index is 13.1. The first kappa shape index (κ1) is 17.8. The topological polar surface area (TPSA) is 67.2 Å². The van der Waals surface area contributed by atoms with Crippen LogP contribution in [0.3, 0.4) is 0 Å². The van der Waals surface area contributed by atoms with Crippen molar-refractivity contribution in [3.8, 4) is 5.69 Å². The summed E-state index contributed by atoms with van der Waals surface area (Å²) in [5, 5.41) is 0. The quantitative estimate of drug-likeness (QED) is 0.683. The van der Waals surface area contributed by atoms with Crippen LogP contribution in [0.4, 0.5) is 10.3 Å². The van der Waals surface area contributed by atoms with Gasteiger partial charge in [-0.2, -0.15) is 0 Å². The summed E-state index contributed by atoms with van der Waals surface area (Å²) >= 11 is 0. The fourth-order valence-corrected chi connectivity index (χ4v) is 4.45. The Balaban J connectivity index is 1.32. The molecule has 2 aliphatic rings. The number of rotatable bonds is 4. The van der Waals surface area contributed by atoms with E-state index < -0.39 is 5.82 Å². The van der Waals surface area contributed by atoms with Gasteiger partial charge in [0.1, 0.15) is 5.82 Å². The van der Waals surface area contributed by atoms with Crippen LogP contribution in [-0.2, 0) is 11.3 Å². The number of carbonyl (C=O) groups is 1. The first-order valence-electron chi connectivity index (χ1n) is 9.73. The summed E-state index contributed by atoms with van der Waals surface area (Å²) in [5.41, 5.74) is 2.15. The Hall–Kier alpha value is -3.29. The molecule has 0 radical (unpaired) electrons. The molecule has 8 heteroatoms. The Kier molecular flexibility index (Phi) is 4.26. The fraction of sp³-hybridized carbons (Fsp3) is 0.333. The van der Waals surface area contributed by atoms with Crippen molar-refractivity contribution < 1.29 is 9.18 Å². The van der Waals surface area contributed by atoms with Crippen LogP contribution in [0.5, 0.6) is 0 Å². The number of aromatic nitrogens is 4. The average molecular weight is 392 g/mol.